The minimum absolute atomic E-state index is 0.174. The normalized spacial score (nSPS) is 41.0. The SMILES string of the molecule is O=C(COC(=O)[C@@H]1CCCO1)NCC12CC3CC(CC(C3)C1)C2. The predicted molar refractivity (Wildman–Crippen MR) is 83.5 cm³/mol. The van der Waals surface area contributed by atoms with Gasteiger partial charge in [-0.15, -0.1) is 0 Å². The van der Waals surface area contributed by atoms with Crippen LogP contribution in [0.25, 0.3) is 0 Å². The lowest BCUT2D eigenvalue weighted by molar-refractivity contribution is -0.157. The Kier molecular flexibility index (Phi) is 4.08. The van der Waals surface area contributed by atoms with E-state index in [4.69, 9.17) is 9.47 Å². The number of carbonyl (C=O) groups excluding carboxylic acids is 2. The van der Waals surface area contributed by atoms with Crippen molar-refractivity contribution in [3.8, 4) is 0 Å². The molecule has 0 aromatic heterocycles. The largest absolute Gasteiger partial charge is 0.454 e. The lowest BCUT2D eigenvalue weighted by atomic mass is 9.49. The van der Waals surface area contributed by atoms with Gasteiger partial charge in [0.15, 0.2) is 12.7 Å². The van der Waals surface area contributed by atoms with Crippen LogP contribution in [0.15, 0.2) is 0 Å². The molecular weight excluding hydrogens is 294 g/mol. The quantitative estimate of drug-likeness (QED) is 0.787. The molecular formula is C18H27NO4. The summed E-state index contributed by atoms with van der Waals surface area (Å²) in [5.74, 6) is 2.08. The summed E-state index contributed by atoms with van der Waals surface area (Å²) in [5.41, 5.74) is 0.322. The van der Waals surface area contributed by atoms with E-state index in [9.17, 15) is 9.59 Å². The number of ether oxygens (including phenoxy) is 2. The second-order valence-corrected chi connectivity index (χ2v) is 8.30. The van der Waals surface area contributed by atoms with E-state index in [-0.39, 0.29) is 12.5 Å². The van der Waals surface area contributed by atoms with Crippen molar-refractivity contribution in [1.29, 1.82) is 0 Å². The van der Waals surface area contributed by atoms with Crippen molar-refractivity contribution >= 4 is 11.9 Å². The van der Waals surface area contributed by atoms with Crippen LogP contribution in [-0.2, 0) is 19.1 Å². The van der Waals surface area contributed by atoms with Gasteiger partial charge in [-0.25, -0.2) is 4.79 Å². The van der Waals surface area contributed by atoms with Crippen LogP contribution in [-0.4, -0.2) is 37.7 Å². The molecule has 0 spiro atoms. The zero-order valence-electron chi connectivity index (χ0n) is 13.7. The molecule has 1 heterocycles. The molecule has 1 N–H and O–H groups in total. The first-order chi connectivity index (χ1) is 11.1. The van der Waals surface area contributed by atoms with E-state index in [2.05, 4.69) is 5.32 Å². The van der Waals surface area contributed by atoms with Gasteiger partial charge in [0.05, 0.1) is 0 Å². The van der Waals surface area contributed by atoms with Crippen molar-refractivity contribution in [2.45, 2.75) is 57.5 Å². The van der Waals surface area contributed by atoms with Gasteiger partial charge >= 0.3 is 5.97 Å². The van der Waals surface area contributed by atoms with Gasteiger partial charge in [-0.2, -0.15) is 0 Å². The van der Waals surface area contributed by atoms with Crippen molar-refractivity contribution in [3.63, 3.8) is 0 Å². The Morgan fingerprint density at radius 1 is 1.09 bits per heavy atom. The van der Waals surface area contributed by atoms with Crippen molar-refractivity contribution in [2.75, 3.05) is 19.8 Å². The number of esters is 1. The monoisotopic (exact) mass is 321 g/mol. The summed E-state index contributed by atoms with van der Waals surface area (Å²) in [6.45, 7) is 1.19. The Balaban J connectivity index is 1.23. The molecule has 4 bridgehead atoms. The summed E-state index contributed by atoms with van der Waals surface area (Å²) in [4.78, 5) is 23.8. The summed E-state index contributed by atoms with van der Waals surface area (Å²) in [6.07, 6.45) is 9.17. The molecule has 23 heavy (non-hydrogen) atoms. The fourth-order valence-corrected chi connectivity index (χ4v) is 5.84. The highest BCUT2D eigenvalue weighted by Crippen LogP contribution is 2.59. The first kappa shape index (κ1) is 15.4. The van der Waals surface area contributed by atoms with Crippen molar-refractivity contribution in [3.05, 3.63) is 0 Å². The first-order valence-corrected chi connectivity index (χ1v) is 9.17. The Morgan fingerprint density at radius 3 is 2.30 bits per heavy atom. The molecule has 0 aromatic carbocycles. The van der Waals surface area contributed by atoms with Gasteiger partial charge in [-0.05, 0) is 74.5 Å². The van der Waals surface area contributed by atoms with E-state index in [0.29, 0.717) is 18.4 Å². The molecule has 4 saturated carbocycles. The minimum atomic E-state index is -0.467. The van der Waals surface area contributed by atoms with Gasteiger partial charge in [0, 0.05) is 13.2 Å². The number of carbonyl (C=O) groups is 2. The Labute approximate surface area is 137 Å². The first-order valence-electron chi connectivity index (χ1n) is 9.17. The third-order valence-corrected chi connectivity index (χ3v) is 6.36. The molecule has 0 aromatic rings. The maximum atomic E-state index is 12.0. The van der Waals surface area contributed by atoms with Crippen molar-refractivity contribution < 1.29 is 19.1 Å². The van der Waals surface area contributed by atoms with Crippen LogP contribution in [0.5, 0.6) is 0 Å². The highest BCUT2D eigenvalue weighted by atomic mass is 16.6. The predicted octanol–water partition coefficient (Wildman–Crippen LogP) is 2.04. The maximum absolute atomic E-state index is 12.0. The summed E-state index contributed by atoms with van der Waals surface area (Å²) >= 11 is 0. The number of amides is 1. The third kappa shape index (κ3) is 3.25. The fraction of sp³-hybridized carbons (Fsp3) is 0.889. The molecule has 5 rings (SSSR count). The molecule has 0 unspecified atom stereocenters. The van der Waals surface area contributed by atoms with Crippen LogP contribution in [0.2, 0.25) is 0 Å². The molecule has 1 saturated heterocycles. The average molecular weight is 321 g/mol. The van der Waals surface area contributed by atoms with Gasteiger partial charge in [0.1, 0.15) is 0 Å². The van der Waals surface area contributed by atoms with Crippen LogP contribution in [0.4, 0.5) is 0 Å². The van der Waals surface area contributed by atoms with Crippen molar-refractivity contribution in [2.24, 2.45) is 23.2 Å². The Bertz CT molecular complexity index is 448. The van der Waals surface area contributed by atoms with Gasteiger partial charge in [0.25, 0.3) is 5.91 Å². The highest BCUT2D eigenvalue weighted by Gasteiger charge is 2.50. The van der Waals surface area contributed by atoms with Crippen LogP contribution < -0.4 is 5.32 Å². The summed E-state index contributed by atoms with van der Waals surface area (Å²) in [6, 6.07) is 0. The fourth-order valence-electron chi connectivity index (χ4n) is 5.84. The van der Waals surface area contributed by atoms with Crippen LogP contribution in [0, 0.1) is 23.2 Å². The lowest BCUT2D eigenvalue weighted by Crippen LogP contribution is -2.51. The second-order valence-electron chi connectivity index (χ2n) is 8.30. The molecule has 1 aliphatic heterocycles. The molecule has 5 aliphatic rings. The minimum Gasteiger partial charge on any atom is -0.454 e. The number of hydrogen-bond donors (Lipinski definition) is 1. The van der Waals surface area contributed by atoms with Crippen LogP contribution >= 0.6 is 0 Å². The van der Waals surface area contributed by atoms with E-state index in [1.807, 2.05) is 0 Å². The molecule has 0 radical (unpaired) electrons. The number of nitrogens with one attached hydrogen (secondary N) is 1. The molecule has 1 amide bonds. The molecule has 128 valence electrons. The lowest BCUT2D eigenvalue weighted by Gasteiger charge is -2.56. The zero-order valence-corrected chi connectivity index (χ0v) is 13.7. The zero-order chi connectivity index (χ0) is 15.9. The number of rotatable bonds is 5. The van der Waals surface area contributed by atoms with E-state index < -0.39 is 12.1 Å². The maximum Gasteiger partial charge on any atom is 0.335 e. The summed E-state index contributed by atoms with van der Waals surface area (Å²) in [5, 5.41) is 3.03. The van der Waals surface area contributed by atoms with Gasteiger partial charge in [-0.1, -0.05) is 0 Å². The smallest absolute Gasteiger partial charge is 0.335 e. The molecule has 1 atom stereocenters. The molecule has 5 nitrogen and oxygen atoms in total. The standard InChI is InChI=1S/C18H27NO4/c20-16(10-23-17(21)15-2-1-3-22-15)19-11-18-7-12-4-13(8-18)6-14(5-12)9-18/h12-15H,1-11H2,(H,19,20)/t12?,13?,14?,15-,18?/m0/s1. The van der Waals surface area contributed by atoms with Gasteiger partial charge < -0.3 is 14.8 Å². The van der Waals surface area contributed by atoms with Crippen LogP contribution in [0.3, 0.4) is 0 Å². The second kappa shape index (κ2) is 6.08. The van der Waals surface area contributed by atoms with E-state index >= 15 is 0 Å². The number of hydrogen-bond acceptors (Lipinski definition) is 4. The van der Waals surface area contributed by atoms with E-state index in [0.717, 1.165) is 30.7 Å². The van der Waals surface area contributed by atoms with Crippen LogP contribution in [0.1, 0.15) is 51.4 Å². The Morgan fingerprint density at radius 2 is 1.74 bits per heavy atom. The average Bonchev–Trinajstić information content (AvgIpc) is 3.04. The summed E-state index contributed by atoms with van der Waals surface area (Å²) < 4.78 is 10.3. The van der Waals surface area contributed by atoms with E-state index in [1.165, 1.54) is 38.5 Å². The van der Waals surface area contributed by atoms with E-state index in [1.54, 1.807) is 0 Å². The topological polar surface area (TPSA) is 64.6 Å². The Hall–Kier alpha value is -1.10. The highest BCUT2D eigenvalue weighted by molar-refractivity contribution is 5.82. The van der Waals surface area contributed by atoms with Crippen molar-refractivity contribution in [1.82, 2.24) is 5.32 Å². The van der Waals surface area contributed by atoms with Gasteiger partial charge in [-0.3, -0.25) is 4.79 Å². The molecule has 5 heteroatoms. The summed E-state index contributed by atoms with van der Waals surface area (Å²) in [7, 11) is 0. The molecule has 5 fully saturated rings. The molecule has 4 aliphatic carbocycles. The van der Waals surface area contributed by atoms with Gasteiger partial charge in [0.2, 0.25) is 0 Å². The third-order valence-electron chi connectivity index (χ3n) is 6.36.